The minimum Gasteiger partial charge on any atom is -0.323 e. The number of nitrogen functional groups attached to an aromatic ring is 1. The molecule has 4 heteroatoms. The van der Waals surface area contributed by atoms with Crippen LogP contribution < -0.4 is 5.84 Å². The van der Waals surface area contributed by atoms with Gasteiger partial charge in [0, 0.05) is 6.20 Å². The predicted octanol–water partition coefficient (Wildman–Crippen LogP) is -0.591. The minimum atomic E-state index is 0.354. The molecule has 1 rings (SSSR count). The van der Waals surface area contributed by atoms with Crippen LogP contribution in [0.4, 0.5) is 0 Å². The van der Waals surface area contributed by atoms with Crippen molar-refractivity contribution in [3.63, 3.8) is 0 Å². The fraction of sp³-hybridized carbons (Fsp3) is 0. The van der Waals surface area contributed by atoms with Crippen LogP contribution in [0.2, 0.25) is 0 Å². The van der Waals surface area contributed by atoms with Crippen molar-refractivity contribution >= 4 is 6.29 Å². The Labute approximate surface area is 45.9 Å². The van der Waals surface area contributed by atoms with Crippen molar-refractivity contribution in [1.82, 2.24) is 9.89 Å². The largest absolute Gasteiger partial charge is 0.323 e. The number of carbonyl (C=O) groups excluding carboxylic acids is 1. The lowest BCUT2D eigenvalue weighted by molar-refractivity contribution is 0.111. The van der Waals surface area contributed by atoms with Gasteiger partial charge in [-0.25, -0.2) is 0 Å². The van der Waals surface area contributed by atoms with Gasteiger partial charge in [-0.3, -0.25) is 4.79 Å². The van der Waals surface area contributed by atoms with Gasteiger partial charge in [-0.15, -0.1) is 0 Å². The summed E-state index contributed by atoms with van der Waals surface area (Å²) >= 11 is 0. The zero-order valence-corrected chi connectivity index (χ0v) is 4.11. The zero-order valence-electron chi connectivity index (χ0n) is 4.11. The van der Waals surface area contributed by atoms with Gasteiger partial charge in [0.2, 0.25) is 0 Å². The van der Waals surface area contributed by atoms with Gasteiger partial charge in [-0.05, 0) is 6.07 Å². The highest BCUT2D eigenvalue weighted by Gasteiger charge is 1.89. The number of hydrogen-bond donors (Lipinski definition) is 1. The van der Waals surface area contributed by atoms with E-state index in [-0.39, 0.29) is 0 Å². The first-order valence-corrected chi connectivity index (χ1v) is 2.09. The third-order valence-corrected chi connectivity index (χ3v) is 0.750. The van der Waals surface area contributed by atoms with Crippen LogP contribution in [0.25, 0.3) is 0 Å². The first-order valence-electron chi connectivity index (χ1n) is 2.09. The number of carbonyl (C=O) groups is 1. The maximum Gasteiger partial charge on any atom is 0.170 e. The van der Waals surface area contributed by atoms with Crippen LogP contribution in [0, 0.1) is 0 Å². The van der Waals surface area contributed by atoms with Crippen LogP contribution in [0.1, 0.15) is 10.5 Å². The molecule has 1 heterocycles. The fourth-order valence-electron chi connectivity index (χ4n) is 0.416. The van der Waals surface area contributed by atoms with E-state index in [1.54, 1.807) is 0 Å². The monoisotopic (exact) mass is 111 g/mol. The molecule has 0 aliphatic heterocycles. The molecule has 0 fully saturated rings. The van der Waals surface area contributed by atoms with Crippen LogP contribution in [0.5, 0.6) is 0 Å². The molecule has 0 spiro atoms. The van der Waals surface area contributed by atoms with E-state index >= 15 is 0 Å². The molecule has 1 aromatic heterocycles. The van der Waals surface area contributed by atoms with Crippen molar-refractivity contribution in [2.75, 3.05) is 5.84 Å². The Hall–Kier alpha value is -1.32. The van der Waals surface area contributed by atoms with E-state index in [9.17, 15) is 4.79 Å². The molecule has 8 heavy (non-hydrogen) atoms. The van der Waals surface area contributed by atoms with Gasteiger partial charge < -0.3 is 5.84 Å². The molecule has 0 aromatic carbocycles. The standard InChI is InChI=1S/C4H5N3O/c5-7-2-1-4(3-8)6-7/h1-3H,5H2. The second kappa shape index (κ2) is 1.65. The number of aldehydes is 1. The molecule has 0 atom stereocenters. The molecule has 0 bridgehead atoms. The first kappa shape index (κ1) is 4.83. The average Bonchev–Trinajstić information content (AvgIpc) is 2.14. The van der Waals surface area contributed by atoms with Crippen LogP contribution >= 0.6 is 0 Å². The Balaban J connectivity index is 3.00. The molecule has 0 unspecified atom stereocenters. The maximum atomic E-state index is 9.89. The van der Waals surface area contributed by atoms with Gasteiger partial charge in [0.05, 0.1) is 0 Å². The van der Waals surface area contributed by atoms with Crippen LogP contribution in [-0.2, 0) is 0 Å². The van der Waals surface area contributed by atoms with E-state index in [1.807, 2.05) is 0 Å². The number of hydrogen-bond acceptors (Lipinski definition) is 3. The Morgan fingerprint density at radius 2 is 2.62 bits per heavy atom. The zero-order chi connectivity index (χ0) is 5.98. The first-order chi connectivity index (χ1) is 3.83. The lowest BCUT2D eigenvalue weighted by Crippen LogP contribution is -2.08. The summed E-state index contributed by atoms with van der Waals surface area (Å²) in [6.07, 6.45) is 2.15. The lowest BCUT2D eigenvalue weighted by atomic mass is 10.5. The van der Waals surface area contributed by atoms with Crippen molar-refractivity contribution in [2.45, 2.75) is 0 Å². The van der Waals surface area contributed by atoms with E-state index in [4.69, 9.17) is 5.84 Å². The van der Waals surface area contributed by atoms with Gasteiger partial charge in [0.1, 0.15) is 5.69 Å². The van der Waals surface area contributed by atoms with Gasteiger partial charge in [0.15, 0.2) is 6.29 Å². The van der Waals surface area contributed by atoms with Crippen molar-refractivity contribution in [3.05, 3.63) is 18.0 Å². The predicted molar refractivity (Wildman–Crippen MR) is 27.8 cm³/mol. The van der Waals surface area contributed by atoms with Gasteiger partial charge in [-0.2, -0.15) is 9.89 Å². The highest BCUT2D eigenvalue weighted by molar-refractivity contribution is 5.71. The van der Waals surface area contributed by atoms with E-state index in [0.29, 0.717) is 12.0 Å². The summed E-state index contributed by atoms with van der Waals surface area (Å²) in [6, 6.07) is 1.53. The van der Waals surface area contributed by atoms with Crippen LogP contribution in [0.15, 0.2) is 12.3 Å². The summed E-state index contributed by atoms with van der Waals surface area (Å²) in [6.45, 7) is 0. The summed E-state index contributed by atoms with van der Waals surface area (Å²) in [5.41, 5.74) is 0.354. The summed E-state index contributed by atoms with van der Waals surface area (Å²) < 4.78 is 0. The summed E-state index contributed by atoms with van der Waals surface area (Å²) in [5, 5.41) is 3.56. The van der Waals surface area contributed by atoms with Crippen molar-refractivity contribution in [3.8, 4) is 0 Å². The average molecular weight is 111 g/mol. The molecule has 4 nitrogen and oxygen atoms in total. The number of rotatable bonds is 1. The van der Waals surface area contributed by atoms with Gasteiger partial charge in [-0.1, -0.05) is 0 Å². The second-order valence-corrected chi connectivity index (χ2v) is 1.34. The molecular weight excluding hydrogens is 106 g/mol. The van der Waals surface area contributed by atoms with Crippen molar-refractivity contribution < 1.29 is 4.79 Å². The Kier molecular flexibility index (Phi) is 0.997. The van der Waals surface area contributed by atoms with Crippen LogP contribution in [-0.4, -0.2) is 16.2 Å². The third-order valence-electron chi connectivity index (χ3n) is 0.750. The number of nitrogens with two attached hydrogens (primary N) is 1. The Bertz CT molecular complexity index is 193. The Morgan fingerprint density at radius 1 is 1.88 bits per heavy atom. The summed E-state index contributed by atoms with van der Waals surface area (Å²) in [4.78, 5) is 11.0. The lowest BCUT2D eigenvalue weighted by Gasteiger charge is -1.80. The van der Waals surface area contributed by atoms with E-state index in [2.05, 4.69) is 5.10 Å². The molecule has 0 radical (unpaired) electrons. The maximum absolute atomic E-state index is 9.89. The van der Waals surface area contributed by atoms with Crippen molar-refractivity contribution in [1.29, 1.82) is 0 Å². The second-order valence-electron chi connectivity index (χ2n) is 1.34. The highest BCUT2D eigenvalue weighted by atomic mass is 16.1. The highest BCUT2D eigenvalue weighted by Crippen LogP contribution is 1.84. The van der Waals surface area contributed by atoms with E-state index < -0.39 is 0 Å². The molecule has 1 aromatic rings. The summed E-state index contributed by atoms with van der Waals surface area (Å²) in [7, 11) is 0. The fourth-order valence-corrected chi connectivity index (χ4v) is 0.416. The van der Waals surface area contributed by atoms with Gasteiger partial charge in [0.25, 0.3) is 0 Å². The molecule has 42 valence electrons. The SMILES string of the molecule is Nn1ccc(C=O)n1. The molecule has 0 aliphatic rings. The third kappa shape index (κ3) is 0.676. The summed E-state index contributed by atoms with van der Waals surface area (Å²) in [5.74, 6) is 5.10. The van der Waals surface area contributed by atoms with E-state index in [1.165, 1.54) is 12.3 Å². The number of nitrogens with zero attached hydrogens (tertiary/aromatic N) is 2. The van der Waals surface area contributed by atoms with Gasteiger partial charge >= 0.3 is 0 Å². The number of aromatic nitrogens is 2. The smallest absolute Gasteiger partial charge is 0.170 e. The van der Waals surface area contributed by atoms with Crippen molar-refractivity contribution in [2.24, 2.45) is 0 Å². The molecule has 0 amide bonds. The molecule has 0 saturated carbocycles. The minimum absolute atomic E-state index is 0.354. The molecule has 2 N–H and O–H groups in total. The molecular formula is C4H5N3O. The van der Waals surface area contributed by atoms with Crippen LogP contribution in [0.3, 0.4) is 0 Å². The molecule has 0 aliphatic carbocycles. The Morgan fingerprint density at radius 3 is 2.88 bits per heavy atom. The topological polar surface area (TPSA) is 60.9 Å². The molecule has 0 saturated heterocycles. The van der Waals surface area contributed by atoms with E-state index in [0.717, 1.165) is 4.79 Å². The quantitative estimate of drug-likeness (QED) is 0.389. The normalized spacial score (nSPS) is 9.00.